The van der Waals surface area contributed by atoms with Gasteiger partial charge >= 0.3 is 0 Å². The second-order valence-corrected chi connectivity index (χ2v) is 10.4. The van der Waals surface area contributed by atoms with Crippen LogP contribution in [0, 0.1) is 17.8 Å². The summed E-state index contributed by atoms with van der Waals surface area (Å²) in [7, 11) is 1.69. The van der Waals surface area contributed by atoms with Crippen LogP contribution in [0.25, 0.3) is 0 Å². The highest BCUT2D eigenvalue weighted by molar-refractivity contribution is 5.99. The molecule has 3 amide bonds. The average Bonchev–Trinajstić information content (AvgIpc) is 3.27. The molecule has 2 bridgehead atoms. The lowest BCUT2D eigenvalue weighted by Gasteiger charge is -2.40. The molecular formula is C25H39N3O5. The molecule has 0 aromatic heterocycles. The smallest absolute Gasteiger partial charge is 0.248 e. The van der Waals surface area contributed by atoms with Crippen LogP contribution in [0.5, 0.6) is 0 Å². The van der Waals surface area contributed by atoms with Crippen molar-refractivity contribution in [3.05, 3.63) is 25.3 Å². The number of ether oxygens (including phenoxy) is 1. The molecule has 0 aromatic rings. The second-order valence-electron chi connectivity index (χ2n) is 10.4. The minimum Gasteiger partial charge on any atom is -0.394 e. The Bertz CT molecular complexity index is 844. The van der Waals surface area contributed by atoms with Crippen molar-refractivity contribution in [2.45, 2.75) is 70.4 Å². The summed E-state index contributed by atoms with van der Waals surface area (Å²) in [6.07, 6.45) is 3.81. The Morgan fingerprint density at radius 1 is 1.24 bits per heavy atom. The number of rotatable bonds is 9. The van der Waals surface area contributed by atoms with E-state index in [1.807, 2.05) is 27.7 Å². The molecule has 184 valence electrons. The second kappa shape index (κ2) is 8.87. The van der Waals surface area contributed by atoms with Gasteiger partial charge in [-0.1, -0.05) is 19.1 Å². The minimum atomic E-state index is -1.12. The summed E-state index contributed by atoms with van der Waals surface area (Å²) >= 11 is 0. The van der Waals surface area contributed by atoms with E-state index in [9.17, 15) is 19.5 Å². The number of amides is 3. The van der Waals surface area contributed by atoms with Crippen molar-refractivity contribution >= 4 is 17.7 Å². The van der Waals surface area contributed by atoms with E-state index in [2.05, 4.69) is 13.2 Å². The predicted octanol–water partition coefficient (Wildman–Crippen LogP) is 1.45. The zero-order valence-corrected chi connectivity index (χ0v) is 20.8. The fourth-order valence-corrected chi connectivity index (χ4v) is 6.27. The molecule has 8 heteroatoms. The molecule has 3 heterocycles. The zero-order valence-electron chi connectivity index (χ0n) is 20.8. The molecule has 1 spiro atoms. The standard InChI is InChI=1S/C25H39N3O5/c1-9-11-26(8)21(30)18-19-22(31)28(17(6)14-29)20(23(32)27(12-10-2)15(3)4)25(19)13-16(5)24(18,7)33-25/h9-10,15-20,29H,1-2,11-14H2,3-8H3/t16?,17-,18-,19+,20?,24+,25?/m1/s1. The van der Waals surface area contributed by atoms with Crippen LogP contribution in [0.2, 0.25) is 0 Å². The third kappa shape index (κ3) is 3.53. The van der Waals surface area contributed by atoms with Crippen molar-refractivity contribution in [2.24, 2.45) is 17.8 Å². The number of fused-ring (bicyclic) bond motifs is 1. The van der Waals surface area contributed by atoms with E-state index in [0.717, 1.165) is 0 Å². The van der Waals surface area contributed by atoms with Gasteiger partial charge < -0.3 is 24.5 Å². The fraction of sp³-hybridized carbons (Fsp3) is 0.720. The third-order valence-electron chi connectivity index (χ3n) is 8.00. The van der Waals surface area contributed by atoms with Crippen LogP contribution in [0.1, 0.15) is 41.0 Å². The number of hydrogen-bond acceptors (Lipinski definition) is 5. The first-order chi connectivity index (χ1) is 15.4. The molecule has 3 rings (SSSR count). The molecule has 3 aliphatic rings. The van der Waals surface area contributed by atoms with Gasteiger partial charge in [0.05, 0.1) is 30.1 Å². The topological polar surface area (TPSA) is 90.4 Å². The number of aliphatic hydroxyl groups is 1. The maximum atomic E-state index is 14.0. The molecule has 8 nitrogen and oxygen atoms in total. The number of likely N-dealkylation sites (tertiary alicyclic amines) is 1. The van der Waals surface area contributed by atoms with Crippen LogP contribution in [0.15, 0.2) is 25.3 Å². The van der Waals surface area contributed by atoms with Crippen LogP contribution in [0.3, 0.4) is 0 Å². The molecule has 0 saturated carbocycles. The molecule has 0 radical (unpaired) electrons. The van der Waals surface area contributed by atoms with Gasteiger partial charge in [-0.05, 0) is 40.0 Å². The molecule has 33 heavy (non-hydrogen) atoms. The normalized spacial score (nSPS) is 35.5. The Labute approximate surface area is 197 Å². The minimum absolute atomic E-state index is 0.0285. The highest BCUT2D eigenvalue weighted by Crippen LogP contribution is 2.65. The summed E-state index contributed by atoms with van der Waals surface area (Å²) in [6.45, 7) is 17.4. The summed E-state index contributed by atoms with van der Waals surface area (Å²) in [5, 5.41) is 9.97. The van der Waals surface area contributed by atoms with Gasteiger partial charge in [0.1, 0.15) is 11.6 Å². The first-order valence-corrected chi connectivity index (χ1v) is 11.8. The van der Waals surface area contributed by atoms with Gasteiger partial charge in [0.2, 0.25) is 17.7 Å². The highest BCUT2D eigenvalue weighted by atomic mass is 16.5. The molecule has 3 saturated heterocycles. The van der Waals surface area contributed by atoms with Gasteiger partial charge in [0.15, 0.2) is 0 Å². The van der Waals surface area contributed by atoms with Gasteiger partial charge in [-0.25, -0.2) is 0 Å². The van der Waals surface area contributed by atoms with Crippen LogP contribution >= 0.6 is 0 Å². The summed E-state index contributed by atoms with van der Waals surface area (Å²) in [5.74, 6) is -2.22. The molecule has 3 unspecified atom stereocenters. The van der Waals surface area contributed by atoms with Gasteiger partial charge in [-0.2, -0.15) is 0 Å². The number of aliphatic hydroxyl groups excluding tert-OH is 1. The van der Waals surface area contributed by atoms with E-state index in [1.54, 1.807) is 35.9 Å². The summed E-state index contributed by atoms with van der Waals surface area (Å²) in [6, 6.07) is -1.61. The zero-order chi connectivity index (χ0) is 24.9. The van der Waals surface area contributed by atoms with E-state index in [1.165, 1.54) is 4.90 Å². The Balaban J connectivity index is 2.16. The molecule has 0 aliphatic carbocycles. The quantitative estimate of drug-likeness (QED) is 0.525. The van der Waals surface area contributed by atoms with Crippen molar-refractivity contribution in [1.82, 2.24) is 14.7 Å². The van der Waals surface area contributed by atoms with Crippen molar-refractivity contribution in [3.63, 3.8) is 0 Å². The van der Waals surface area contributed by atoms with E-state index in [0.29, 0.717) is 19.5 Å². The van der Waals surface area contributed by atoms with E-state index in [4.69, 9.17) is 4.74 Å². The fourth-order valence-electron chi connectivity index (χ4n) is 6.27. The van der Waals surface area contributed by atoms with Crippen LogP contribution in [0.4, 0.5) is 0 Å². The summed E-state index contributed by atoms with van der Waals surface area (Å²) < 4.78 is 6.69. The molecule has 7 atom stereocenters. The van der Waals surface area contributed by atoms with E-state index in [-0.39, 0.29) is 36.3 Å². The summed E-state index contributed by atoms with van der Waals surface area (Å²) in [4.78, 5) is 46.3. The monoisotopic (exact) mass is 461 g/mol. The Hall–Kier alpha value is -2.19. The molecule has 3 aliphatic heterocycles. The Kier molecular flexibility index (Phi) is 6.84. The van der Waals surface area contributed by atoms with Crippen molar-refractivity contribution in [3.8, 4) is 0 Å². The lowest BCUT2D eigenvalue weighted by Crippen LogP contribution is -2.59. The first-order valence-electron chi connectivity index (χ1n) is 11.8. The van der Waals surface area contributed by atoms with Gasteiger partial charge in [-0.3, -0.25) is 14.4 Å². The lowest BCUT2D eigenvalue weighted by molar-refractivity contribution is -0.157. The number of likely N-dealkylation sites (N-methyl/N-ethyl adjacent to an activating group) is 1. The van der Waals surface area contributed by atoms with Crippen LogP contribution in [-0.2, 0) is 19.1 Å². The van der Waals surface area contributed by atoms with Gasteiger partial charge in [-0.15, -0.1) is 13.2 Å². The Morgan fingerprint density at radius 3 is 2.36 bits per heavy atom. The van der Waals surface area contributed by atoms with Gasteiger partial charge in [0.25, 0.3) is 0 Å². The highest BCUT2D eigenvalue weighted by Gasteiger charge is 2.80. The molecule has 0 aromatic carbocycles. The maximum Gasteiger partial charge on any atom is 0.248 e. The number of carbonyl (C=O) groups is 3. The number of carbonyl (C=O) groups excluding carboxylic acids is 3. The number of hydrogen-bond donors (Lipinski definition) is 1. The molecule has 3 fully saturated rings. The number of nitrogens with zero attached hydrogens (tertiary/aromatic N) is 3. The van der Waals surface area contributed by atoms with Crippen molar-refractivity contribution < 1.29 is 24.2 Å². The molecule has 1 N–H and O–H groups in total. The van der Waals surface area contributed by atoms with E-state index < -0.39 is 35.1 Å². The summed E-state index contributed by atoms with van der Waals surface area (Å²) in [5.41, 5.74) is -1.98. The largest absolute Gasteiger partial charge is 0.394 e. The Morgan fingerprint density at radius 2 is 1.85 bits per heavy atom. The molecular weight excluding hydrogens is 422 g/mol. The van der Waals surface area contributed by atoms with Crippen molar-refractivity contribution in [1.29, 1.82) is 0 Å². The van der Waals surface area contributed by atoms with Gasteiger partial charge in [0, 0.05) is 26.2 Å². The third-order valence-corrected chi connectivity index (χ3v) is 8.00. The predicted molar refractivity (Wildman–Crippen MR) is 125 cm³/mol. The van der Waals surface area contributed by atoms with Crippen molar-refractivity contribution in [2.75, 3.05) is 26.7 Å². The average molecular weight is 462 g/mol. The SMILES string of the molecule is C=CCN(C)C(=O)[C@H]1[C@H]2C(=O)N([C@H](C)CO)C(C(=O)N(CC=C)C(C)C)C23CC(C)[C@]1(C)O3. The van der Waals surface area contributed by atoms with Crippen LogP contribution < -0.4 is 0 Å². The lowest BCUT2D eigenvalue weighted by atomic mass is 9.62. The first kappa shape index (κ1) is 25.4. The van der Waals surface area contributed by atoms with E-state index >= 15 is 0 Å². The maximum absolute atomic E-state index is 14.0. The van der Waals surface area contributed by atoms with Crippen LogP contribution in [-0.4, -0.2) is 93.6 Å².